The van der Waals surface area contributed by atoms with Gasteiger partial charge in [0.15, 0.2) is 5.82 Å². The summed E-state index contributed by atoms with van der Waals surface area (Å²) in [6, 6.07) is 1.83. The summed E-state index contributed by atoms with van der Waals surface area (Å²) in [5, 5.41) is 13.4. The van der Waals surface area contributed by atoms with Crippen LogP contribution in [0.2, 0.25) is 0 Å². The molecular formula is C10H13N5OS. The molecule has 0 saturated carbocycles. The van der Waals surface area contributed by atoms with E-state index in [2.05, 4.69) is 38.9 Å². The fourth-order valence-corrected chi connectivity index (χ4v) is 1.86. The number of nitrogens with zero attached hydrogens (tertiary/aromatic N) is 3. The van der Waals surface area contributed by atoms with Crippen molar-refractivity contribution in [3.63, 3.8) is 0 Å². The average molecular weight is 251 g/mol. The molecule has 7 heteroatoms. The minimum absolute atomic E-state index is 0.223. The molecule has 0 aromatic carbocycles. The first kappa shape index (κ1) is 11.7. The molecule has 0 aliphatic carbocycles. The Morgan fingerprint density at radius 3 is 2.82 bits per heavy atom. The number of anilines is 1. The number of hydrogen-bond acceptors (Lipinski definition) is 5. The predicted octanol–water partition coefficient (Wildman–Crippen LogP) is 1.95. The first-order valence-electron chi connectivity index (χ1n) is 5.23. The number of aromatic amines is 1. The minimum Gasteiger partial charge on any atom is -0.304 e. The Balaban J connectivity index is 2.11. The molecule has 0 spiro atoms. The molecule has 0 atom stereocenters. The van der Waals surface area contributed by atoms with Crippen molar-refractivity contribution in [2.24, 2.45) is 0 Å². The van der Waals surface area contributed by atoms with E-state index in [0.717, 1.165) is 17.2 Å². The summed E-state index contributed by atoms with van der Waals surface area (Å²) in [6.45, 7) is 5.86. The van der Waals surface area contributed by atoms with Gasteiger partial charge in [-0.25, -0.2) is 0 Å². The highest BCUT2D eigenvalue weighted by molar-refractivity contribution is 7.08. The Morgan fingerprint density at radius 2 is 2.29 bits per heavy atom. The van der Waals surface area contributed by atoms with Crippen molar-refractivity contribution in [2.45, 2.75) is 26.7 Å². The van der Waals surface area contributed by atoms with E-state index in [0.29, 0.717) is 22.3 Å². The number of carbonyl (C=O) groups is 1. The van der Waals surface area contributed by atoms with Crippen LogP contribution in [0, 0.1) is 6.92 Å². The van der Waals surface area contributed by atoms with Gasteiger partial charge in [0.05, 0.1) is 5.69 Å². The molecule has 2 heterocycles. The summed E-state index contributed by atoms with van der Waals surface area (Å²) < 4.78 is 3.72. The summed E-state index contributed by atoms with van der Waals surface area (Å²) in [5.74, 6) is 0.644. The second-order valence-corrected chi connectivity index (χ2v) is 4.76. The van der Waals surface area contributed by atoms with Gasteiger partial charge in [-0.15, -0.1) is 5.10 Å². The van der Waals surface area contributed by atoms with Crippen LogP contribution in [0.5, 0.6) is 0 Å². The second kappa shape index (κ2) is 4.62. The average Bonchev–Trinajstić information content (AvgIpc) is 2.86. The van der Waals surface area contributed by atoms with E-state index in [1.807, 2.05) is 6.07 Å². The molecule has 0 fully saturated rings. The molecule has 0 radical (unpaired) electrons. The second-order valence-electron chi connectivity index (χ2n) is 4.00. The third kappa shape index (κ3) is 2.50. The molecule has 0 aliphatic heterocycles. The van der Waals surface area contributed by atoms with E-state index in [9.17, 15) is 4.79 Å². The molecule has 17 heavy (non-hydrogen) atoms. The Hall–Kier alpha value is -1.76. The molecule has 0 bridgehead atoms. The summed E-state index contributed by atoms with van der Waals surface area (Å²) >= 11 is 1.08. The van der Waals surface area contributed by atoms with E-state index in [1.165, 1.54) is 0 Å². The van der Waals surface area contributed by atoms with Gasteiger partial charge in [-0.3, -0.25) is 9.89 Å². The minimum atomic E-state index is -0.223. The highest BCUT2D eigenvalue weighted by Crippen LogP contribution is 2.16. The van der Waals surface area contributed by atoms with Crippen LogP contribution in [0.25, 0.3) is 0 Å². The smallest absolute Gasteiger partial charge is 0.270 e. The van der Waals surface area contributed by atoms with E-state index in [1.54, 1.807) is 6.92 Å². The van der Waals surface area contributed by atoms with Crippen LogP contribution in [-0.4, -0.2) is 25.7 Å². The number of hydrogen-bond donors (Lipinski definition) is 2. The van der Waals surface area contributed by atoms with Crippen molar-refractivity contribution in [2.75, 3.05) is 5.32 Å². The van der Waals surface area contributed by atoms with E-state index >= 15 is 0 Å². The number of rotatable bonds is 3. The summed E-state index contributed by atoms with van der Waals surface area (Å²) in [7, 11) is 0. The summed E-state index contributed by atoms with van der Waals surface area (Å²) in [5.41, 5.74) is 1.62. The van der Waals surface area contributed by atoms with Crippen LogP contribution in [0.4, 0.5) is 5.82 Å². The van der Waals surface area contributed by atoms with Gasteiger partial charge in [0.25, 0.3) is 5.91 Å². The largest absolute Gasteiger partial charge is 0.304 e. The molecule has 90 valence electrons. The lowest BCUT2D eigenvalue weighted by Crippen LogP contribution is -2.11. The van der Waals surface area contributed by atoms with Gasteiger partial charge in [-0.05, 0) is 24.4 Å². The van der Waals surface area contributed by atoms with Gasteiger partial charge in [-0.2, -0.15) is 5.10 Å². The van der Waals surface area contributed by atoms with E-state index < -0.39 is 0 Å². The van der Waals surface area contributed by atoms with Crippen LogP contribution >= 0.6 is 11.5 Å². The van der Waals surface area contributed by atoms with Gasteiger partial charge < -0.3 is 5.32 Å². The third-order valence-electron chi connectivity index (χ3n) is 2.32. The number of amides is 1. The zero-order chi connectivity index (χ0) is 12.4. The molecule has 0 unspecified atom stereocenters. The summed E-state index contributed by atoms with van der Waals surface area (Å²) in [4.78, 5) is 12.4. The zero-order valence-corrected chi connectivity index (χ0v) is 10.6. The topological polar surface area (TPSA) is 83.6 Å². The van der Waals surface area contributed by atoms with E-state index in [4.69, 9.17) is 0 Å². The maximum atomic E-state index is 11.8. The quantitative estimate of drug-likeness (QED) is 0.873. The Labute approximate surface area is 103 Å². The van der Waals surface area contributed by atoms with Crippen LogP contribution in [0.3, 0.4) is 0 Å². The van der Waals surface area contributed by atoms with Crippen molar-refractivity contribution >= 4 is 23.3 Å². The van der Waals surface area contributed by atoms with Gasteiger partial charge in [0, 0.05) is 11.8 Å². The maximum absolute atomic E-state index is 11.8. The highest BCUT2D eigenvalue weighted by Gasteiger charge is 2.14. The van der Waals surface area contributed by atoms with E-state index in [-0.39, 0.29) is 5.91 Å². The molecule has 2 N–H and O–H groups in total. The number of aryl methyl sites for hydroxylation is 1. The van der Waals surface area contributed by atoms with Crippen LogP contribution in [-0.2, 0) is 0 Å². The van der Waals surface area contributed by atoms with Gasteiger partial charge in [-0.1, -0.05) is 18.3 Å². The number of carbonyl (C=O) groups excluding carboxylic acids is 1. The SMILES string of the molecule is Cc1nnsc1C(=O)Nc1cc(C(C)C)[nH]n1. The normalized spacial score (nSPS) is 10.8. The molecule has 2 aromatic rings. The molecule has 1 amide bonds. The standard InChI is InChI=1S/C10H13N5OS/c1-5(2)7-4-8(14-13-7)11-10(16)9-6(3)12-15-17-9/h4-5H,1-3H3,(H2,11,13,14,16). The monoisotopic (exact) mass is 251 g/mol. The fraction of sp³-hybridized carbons (Fsp3) is 0.400. The molecule has 6 nitrogen and oxygen atoms in total. The van der Waals surface area contributed by atoms with Crippen molar-refractivity contribution in [3.8, 4) is 0 Å². The maximum Gasteiger partial charge on any atom is 0.270 e. The molecule has 0 saturated heterocycles. The van der Waals surface area contributed by atoms with Gasteiger partial charge in [0.1, 0.15) is 4.88 Å². The highest BCUT2D eigenvalue weighted by atomic mass is 32.1. The zero-order valence-electron chi connectivity index (χ0n) is 9.81. The molecule has 2 aromatic heterocycles. The molecule has 0 aliphatic rings. The Bertz CT molecular complexity index is 530. The summed E-state index contributed by atoms with van der Waals surface area (Å²) in [6.07, 6.45) is 0. The van der Waals surface area contributed by atoms with Gasteiger partial charge >= 0.3 is 0 Å². The van der Waals surface area contributed by atoms with Crippen molar-refractivity contribution in [3.05, 3.63) is 22.3 Å². The van der Waals surface area contributed by atoms with Gasteiger partial charge in [0.2, 0.25) is 0 Å². The lowest BCUT2D eigenvalue weighted by molar-refractivity contribution is 0.102. The number of H-pyrrole nitrogens is 1. The van der Waals surface area contributed by atoms with Crippen molar-refractivity contribution < 1.29 is 4.79 Å². The molecule has 2 rings (SSSR count). The Morgan fingerprint density at radius 1 is 1.53 bits per heavy atom. The van der Waals surface area contributed by atoms with Crippen LogP contribution in [0.15, 0.2) is 6.07 Å². The first-order valence-corrected chi connectivity index (χ1v) is 6.01. The lowest BCUT2D eigenvalue weighted by Gasteiger charge is -1.98. The van der Waals surface area contributed by atoms with Crippen molar-refractivity contribution in [1.29, 1.82) is 0 Å². The predicted molar refractivity (Wildman–Crippen MR) is 65.3 cm³/mol. The first-order chi connectivity index (χ1) is 8.08. The van der Waals surface area contributed by atoms with Crippen molar-refractivity contribution in [1.82, 2.24) is 19.8 Å². The molecular weight excluding hydrogens is 238 g/mol. The number of aromatic nitrogens is 4. The van der Waals surface area contributed by atoms with Crippen LogP contribution < -0.4 is 5.32 Å². The fourth-order valence-electron chi connectivity index (χ4n) is 1.31. The van der Waals surface area contributed by atoms with Crippen LogP contribution in [0.1, 0.15) is 40.8 Å². The lowest BCUT2D eigenvalue weighted by atomic mass is 10.1. The number of nitrogens with one attached hydrogen (secondary N) is 2. The third-order valence-corrected chi connectivity index (χ3v) is 3.15. The Kier molecular flexibility index (Phi) is 3.19.